The molecule has 0 unspecified atom stereocenters. The van der Waals surface area contributed by atoms with Crippen molar-refractivity contribution < 1.29 is 142 Å². The number of hydrogen-bond acceptors (Lipinski definition) is 0. The van der Waals surface area contributed by atoms with Crippen LogP contribution in [0.15, 0.2) is 0 Å². The number of halogens is 5. The second-order valence-electron chi connectivity index (χ2n) is 2.68. The Labute approximate surface area is 166 Å². The van der Waals surface area contributed by atoms with E-state index in [2.05, 4.69) is 28.2 Å². The molecule has 0 aromatic rings. The van der Waals surface area contributed by atoms with Crippen molar-refractivity contribution in [1.82, 2.24) is 0 Å². The summed E-state index contributed by atoms with van der Waals surface area (Å²) in [6.45, 7) is 0. The normalized spacial score (nSPS) is 5.45. The summed E-state index contributed by atoms with van der Waals surface area (Å²) < 4.78 is 1.00. The van der Waals surface area contributed by atoms with E-state index in [0.29, 0.717) is 0 Å². The third-order valence-electron chi connectivity index (χ3n) is 0. The van der Waals surface area contributed by atoms with Crippen LogP contribution < -0.4 is 120 Å². The van der Waals surface area contributed by atoms with Crippen molar-refractivity contribution in [3.8, 4) is 0 Å². The Morgan fingerprint density at radius 3 is 0.545 bits per heavy atom. The number of rotatable bonds is 0. The fourth-order valence-corrected chi connectivity index (χ4v) is 0. The molecule has 0 saturated carbocycles. The smallest absolute Gasteiger partial charge is 1.00 e. The van der Waals surface area contributed by atoms with E-state index in [4.69, 9.17) is 0 Å². The molecule has 0 spiro atoms. The van der Waals surface area contributed by atoms with Crippen LogP contribution in [0.25, 0.3) is 0 Å². The van der Waals surface area contributed by atoms with Gasteiger partial charge in [0.2, 0.25) is 0 Å². The Hall–Kier alpha value is 4.14. The maximum Gasteiger partial charge on any atom is 4.00 e. The summed E-state index contributed by atoms with van der Waals surface area (Å²) in [6, 6.07) is 0. The predicted molar refractivity (Wildman–Crippen MR) is 24.0 cm³/mol. The third-order valence-corrected chi connectivity index (χ3v) is 0. The monoisotopic (exact) mass is 761 g/mol. The molecule has 1 nitrogen and oxygen atoms in total. The second kappa shape index (κ2) is 23.7. The molecular weight excluding hydrogens is 749 g/mol. The van der Waals surface area contributed by atoms with Crippen molar-refractivity contribution in [1.29, 1.82) is 0 Å². The van der Waals surface area contributed by atoms with E-state index in [9.17, 15) is 0 Å². The molecule has 0 aromatic heterocycles. The molecule has 0 fully saturated rings. The van der Waals surface area contributed by atoms with Crippen LogP contribution in [0.2, 0.25) is 0 Å². The Morgan fingerprint density at radius 2 is 0.545 bits per heavy atom. The van der Waals surface area contributed by atoms with Gasteiger partial charge in [0.1, 0.15) is 0 Å². The summed E-state index contributed by atoms with van der Waals surface area (Å²) in [4.78, 5) is 0. The number of nitrogens with zero attached hydrogens (tertiary/aromatic N) is 1. The van der Waals surface area contributed by atoms with E-state index in [1.807, 2.05) is 0 Å². The quantitative estimate of drug-likeness (QED) is 0.170. The Morgan fingerprint density at radius 1 is 0.545 bits per heavy atom. The van der Waals surface area contributed by atoms with Crippen molar-refractivity contribution in [2.45, 2.75) is 0 Å². The minimum absolute atomic E-state index is 0. The van der Waals surface area contributed by atoms with Gasteiger partial charge < -0.3 is 124 Å². The molecule has 74 valence electrons. The molecule has 0 bridgehead atoms. The van der Waals surface area contributed by atoms with E-state index < -0.39 is 0 Å². The van der Waals surface area contributed by atoms with Gasteiger partial charge in [-0.2, -0.15) is 0 Å². The molecular formula is C4H12CrI5N. The van der Waals surface area contributed by atoms with Crippen LogP contribution in [0.1, 0.15) is 0 Å². The molecule has 0 heterocycles. The van der Waals surface area contributed by atoms with Gasteiger partial charge >= 0.3 is 17.4 Å². The zero-order valence-corrected chi connectivity index (χ0v) is 18.8. The first kappa shape index (κ1) is 45.7. The van der Waals surface area contributed by atoms with E-state index in [0.717, 1.165) is 4.48 Å². The molecule has 7 heteroatoms. The molecule has 0 N–H and O–H groups in total. The predicted octanol–water partition coefficient (Wildman–Crippen LogP) is -14.7. The topological polar surface area (TPSA) is 0 Å². The zero-order chi connectivity index (χ0) is 4.50. The molecule has 0 saturated heterocycles. The van der Waals surface area contributed by atoms with Crippen molar-refractivity contribution in [2.24, 2.45) is 0 Å². The summed E-state index contributed by atoms with van der Waals surface area (Å²) in [5.41, 5.74) is 0. The first-order chi connectivity index (χ1) is 2.00. The molecule has 0 radical (unpaired) electrons. The van der Waals surface area contributed by atoms with E-state index in [1.165, 1.54) is 0 Å². The summed E-state index contributed by atoms with van der Waals surface area (Å²) >= 11 is 0. The maximum atomic E-state index is 2.12. The minimum atomic E-state index is 0. The fourth-order valence-electron chi connectivity index (χ4n) is 0. The first-order valence-electron chi connectivity index (χ1n) is 1.79. The molecule has 0 aromatic carbocycles. The molecule has 0 atom stereocenters. The van der Waals surface area contributed by atoms with Crippen LogP contribution in [-0.4, -0.2) is 32.7 Å². The van der Waals surface area contributed by atoms with Crippen LogP contribution in [0.4, 0.5) is 0 Å². The van der Waals surface area contributed by atoms with Crippen LogP contribution in [0, 0.1) is 0 Å². The molecule has 0 aliphatic carbocycles. The first-order valence-corrected chi connectivity index (χ1v) is 1.79. The van der Waals surface area contributed by atoms with Crippen molar-refractivity contribution in [2.75, 3.05) is 28.2 Å². The van der Waals surface area contributed by atoms with E-state index >= 15 is 0 Å². The van der Waals surface area contributed by atoms with Crippen molar-refractivity contribution in [3.63, 3.8) is 0 Å². The zero-order valence-electron chi connectivity index (χ0n) is 6.75. The Bertz CT molecular complexity index is 34.0. The summed E-state index contributed by atoms with van der Waals surface area (Å²) in [5.74, 6) is 0. The fraction of sp³-hybridized carbons (Fsp3) is 1.00. The minimum Gasteiger partial charge on any atom is -1.00 e. The number of hydrogen-bond donors (Lipinski definition) is 0. The van der Waals surface area contributed by atoms with Gasteiger partial charge in [-0.25, -0.2) is 0 Å². The average molecular weight is 761 g/mol. The Kier molecular flexibility index (Phi) is 98.6. The van der Waals surface area contributed by atoms with Gasteiger partial charge in [-0.15, -0.1) is 0 Å². The maximum absolute atomic E-state index is 2.12. The van der Waals surface area contributed by atoms with Crippen LogP contribution in [0.5, 0.6) is 0 Å². The van der Waals surface area contributed by atoms with Gasteiger partial charge in [-0.1, -0.05) is 0 Å². The summed E-state index contributed by atoms with van der Waals surface area (Å²) in [7, 11) is 8.50. The van der Waals surface area contributed by atoms with Crippen LogP contribution in [-0.2, 0) is 17.4 Å². The van der Waals surface area contributed by atoms with Gasteiger partial charge in [-0.3, -0.25) is 0 Å². The molecule has 11 heavy (non-hydrogen) atoms. The standard InChI is InChI=1S/C4H12N.Cr.5HI/c1-5(2,3)4;;;;;;/h1-4H3;;5*1H/q+1;+4;;;;;/p-5. The van der Waals surface area contributed by atoms with E-state index in [-0.39, 0.29) is 137 Å². The van der Waals surface area contributed by atoms with E-state index in [1.54, 1.807) is 0 Å². The molecule has 0 amide bonds. The summed E-state index contributed by atoms with van der Waals surface area (Å²) in [6.07, 6.45) is 0. The van der Waals surface area contributed by atoms with Gasteiger partial charge in [-0.05, 0) is 0 Å². The van der Waals surface area contributed by atoms with Gasteiger partial charge in [0.05, 0.1) is 28.2 Å². The third kappa shape index (κ3) is 122. The second-order valence-corrected chi connectivity index (χ2v) is 2.68. The molecule has 0 aliphatic rings. The van der Waals surface area contributed by atoms with Crippen LogP contribution in [0.3, 0.4) is 0 Å². The van der Waals surface area contributed by atoms with Crippen LogP contribution >= 0.6 is 0 Å². The number of quaternary nitrogens is 1. The van der Waals surface area contributed by atoms with Crippen molar-refractivity contribution in [3.05, 3.63) is 0 Å². The molecule has 0 aliphatic heterocycles. The van der Waals surface area contributed by atoms with Gasteiger partial charge in [0, 0.05) is 0 Å². The molecule has 0 rings (SSSR count). The van der Waals surface area contributed by atoms with Gasteiger partial charge in [0.15, 0.2) is 0 Å². The van der Waals surface area contributed by atoms with Gasteiger partial charge in [0.25, 0.3) is 0 Å². The SMILES string of the molecule is C[N+](C)(C)C.[Cr+4].[I-].[I-].[I-].[I-].[I-]. The average Bonchev–Trinajstić information content (AvgIpc) is 0.722. The Balaban J connectivity index is -0.00000000533. The summed E-state index contributed by atoms with van der Waals surface area (Å²) in [5, 5.41) is 0. The van der Waals surface area contributed by atoms with Crippen molar-refractivity contribution >= 4 is 0 Å². The largest absolute Gasteiger partial charge is 4.00 e.